The van der Waals surface area contributed by atoms with E-state index in [0.29, 0.717) is 30.9 Å². The monoisotopic (exact) mass is 538 g/mol. The van der Waals surface area contributed by atoms with E-state index < -0.39 is 51.2 Å². The summed E-state index contributed by atoms with van der Waals surface area (Å²) in [5, 5.41) is 0.349. The topological polar surface area (TPSA) is 120 Å². The first-order chi connectivity index (χ1) is 16.9. The zero-order valence-corrected chi connectivity index (χ0v) is 20.1. The number of nitrogens with one attached hydrogen (secondary N) is 1. The average Bonchev–Trinajstić information content (AvgIpc) is 3.17. The Morgan fingerprint density at radius 2 is 1.78 bits per heavy atom. The van der Waals surface area contributed by atoms with Crippen molar-refractivity contribution >= 4 is 37.5 Å². The van der Waals surface area contributed by atoms with Crippen LogP contribution in [0.15, 0.2) is 64.2 Å². The van der Waals surface area contributed by atoms with Gasteiger partial charge in [-0.15, -0.1) is 0 Å². The minimum atomic E-state index is -4.89. The van der Waals surface area contributed by atoms with Crippen molar-refractivity contribution in [1.29, 1.82) is 0 Å². The molecule has 9 nitrogen and oxygen atoms in total. The number of hydrogen-bond acceptors (Lipinski definition) is 7. The van der Waals surface area contributed by atoms with Gasteiger partial charge >= 0.3 is 11.9 Å². The number of carbonyl (C=O) groups is 1. The van der Waals surface area contributed by atoms with Gasteiger partial charge < -0.3 is 0 Å². The van der Waals surface area contributed by atoms with Crippen LogP contribution < -0.4 is 16.0 Å². The molecular formula is C22H17F3N4O5S2. The van der Waals surface area contributed by atoms with E-state index in [1.54, 1.807) is 30.3 Å². The molecule has 0 aliphatic carbocycles. The van der Waals surface area contributed by atoms with Gasteiger partial charge in [-0.3, -0.25) is 18.9 Å². The molecule has 2 heterocycles. The second-order valence-corrected chi connectivity index (χ2v) is 10.3. The molecule has 36 heavy (non-hydrogen) atoms. The molecule has 0 spiro atoms. The van der Waals surface area contributed by atoms with E-state index in [4.69, 9.17) is 0 Å². The van der Waals surface area contributed by atoms with Crippen molar-refractivity contribution in [1.82, 2.24) is 18.2 Å². The Labute approximate surface area is 205 Å². The van der Waals surface area contributed by atoms with Crippen LogP contribution >= 0.6 is 11.5 Å². The van der Waals surface area contributed by atoms with E-state index in [0.717, 1.165) is 18.6 Å². The molecular weight excluding hydrogens is 521 g/mol. The number of fused-ring (bicyclic) bond motifs is 1. The molecule has 14 heteroatoms. The highest BCUT2D eigenvalue weighted by Gasteiger charge is 2.35. The molecule has 1 N–H and O–H groups in total. The highest BCUT2D eigenvalue weighted by molar-refractivity contribution is 7.89. The van der Waals surface area contributed by atoms with Crippen molar-refractivity contribution in [2.45, 2.75) is 18.3 Å². The van der Waals surface area contributed by atoms with Crippen LogP contribution in [0.5, 0.6) is 0 Å². The summed E-state index contributed by atoms with van der Waals surface area (Å²) in [6.07, 6.45) is -5.31. The number of nitrogens with zero attached hydrogens (tertiary/aromatic N) is 3. The first-order valence-corrected chi connectivity index (χ1v) is 12.6. The molecule has 188 valence electrons. The summed E-state index contributed by atoms with van der Waals surface area (Å²) < 4.78 is 71.7. The minimum Gasteiger partial charge on any atom is -0.292 e. The third kappa shape index (κ3) is 5.23. The van der Waals surface area contributed by atoms with E-state index in [2.05, 4.69) is 4.37 Å². The zero-order chi connectivity index (χ0) is 26.3. The van der Waals surface area contributed by atoms with Gasteiger partial charge in [0.1, 0.15) is 5.69 Å². The van der Waals surface area contributed by atoms with Gasteiger partial charge in [0.25, 0.3) is 5.56 Å². The van der Waals surface area contributed by atoms with Gasteiger partial charge in [-0.25, -0.2) is 17.8 Å². The van der Waals surface area contributed by atoms with Gasteiger partial charge in [0.05, 0.1) is 28.3 Å². The molecule has 1 amide bonds. The van der Waals surface area contributed by atoms with Gasteiger partial charge in [0, 0.05) is 18.5 Å². The third-order valence-electron chi connectivity index (χ3n) is 5.19. The Morgan fingerprint density at radius 3 is 2.44 bits per heavy atom. The molecule has 2 aromatic carbocycles. The maximum Gasteiger partial charge on any atom is 0.431 e. The molecule has 0 radical (unpaired) electrons. The lowest BCUT2D eigenvalue weighted by molar-refractivity contribution is -0.144. The summed E-state index contributed by atoms with van der Waals surface area (Å²) in [6.45, 7) is 0. The van der Waals surface area contributed by atoms with Gasteiger partial charge in [0.2, 0.25) is 15.9 Å². The van der Waals surface area contributed by atoms with Crippen molar-refractivity contribution in [3.63, 3.8) is 0 Å². The number of rotatable bonds is 6. The lowest BCUT2D eigenvalue weighted by Gasteiger charge is -2.14. The standard InChI is InChI=1S/C22H17F3N4O5S2/c1-28-18(22(23,24)25)11-20(31)29(21(28)32)14-7-8-17-15(9-14)16(26-35-17)10-19(30)27-36(33,34)12-13-5-3-2-4-6-13/h2-9,11H,10,12H2,1H3,(H,27,30). The first-order valence-electron chi connectivity index (χ1n) is 10.2. The number of aromatic nitrogens is 3. The third-order valence-corrected chi connectivity index (χ3v) is 7.31. The van der Waals surface area contributed by atoms with Crippen molar-refractivity contribution < 1.29 is 26.4 Å². The summed E-state index contributed by atoms with van der Waals surface area (Å²) in [5.74, 6) is -1.24. The second kappa shape index (κ2) is 9.35. The molecule has 0 aliphatic rings. The Hall–Kier alpha value is -3.78. The van der Waals surface area contributed by atoms with Crippen LogP contribution in [0.4, 0.5) is 13.2 Å². The number of alkyl halides is 3. The largest absolute Gasteiger partial charge is 0.431 e. The predicted octanol–water partition coefficient (Wildman–Crippen LogP) is 2.35. The van der Waals surface area contributed by atoms with Crippen LogP contribution in [0.2, 0.25) is 0 Å². The number of hydrogen-bond donors (Lipinski definition) is 1. The average molecular weight is 539 g/mol. The van der Waals surface area contributed by atoms with E-state index in [9.17, 15) is 36.0 Å². The van der Waals surface area contributed by atoms with Crippen molar-refractivity contribution in [2.24, 2.45) is 7.05 Å². The summed E-state index contributed by atoms with van der Waals surface area (Å²) in [4.78, 5) is 37.5. The molecule has 4 aromatic rings. The summed E-state index contributed by atoms with van der Waals surface area (Å²) in [7, 11) is -3.08. The normalized spacial score (nSPS) is 12.1. The van der Waals surface area contributed by atoms with Crippen molar-refractivity contribution in [2.75, 3.05) is 0 Å². The first kappa shape index (κ1) is 25.3. The fourth-order valence-corrected chi connectivity index (χ4v) is 5.47. The van der Waals surface area contributed by atoms with Crippen LogP contribution in [0, 0.1) is 0 Å². The Bertz CT molecular complexity index is 1690. The Kier molecular flexibility index (Phi) is 6.58. The molecule has 0 unspecified atom stereocenters. The molecule has 0 saturated heterocycles. The number of halogens is 3. The molecule has 0 saturated carbocycles. The van der Waals surface area contributed by atoms with Crippen molar-refractivity contribution in [3.8, 4) is 5.69 Å². The van der Waals surface area contributed by atoms with Crippen LogP contribution in [0.3, 0.4) is 0 Å². The van der Waals surface area contributed by atoms with E-state index in [1.165, 1.54) is 18.2 Å². The lowest BCUT2D eigenvalue weighted by Crippen LogP contribution is -2.40. The second-order valence-electron chi connectivity index (χ2n) is 7.80. The SMILES string of the molecule is Cn1c(C(F)(F)F)cc(=O)n(-c2ccc3snc(CC(=O)NS(=O)(=O)Cc4ccccc4)c3c2)c1=O. The molecule has 0 aliphatic heterocycles. The maximum absolute atomic E-state index is 13.1. The molecule has 0 fully saturated rings. The number of sulfonamides is 1. The fraction of sp³-hybridized carbons (Fsp3) is 0.182. The van der Waals surface area contributed by atoms with E-state index in [-0.39, 0.29) is 11.4 Å². The molecule has 0 bridgehead atoms. The predicted molar refractivity (Wildman–Crippen MR) is 126 cm³/mol. The van der Waals surface area contributed by atoms with E-state index in [1.807, 2.05) is 4.72 Å². The highest BCUT2D eigenvalue weighted by Crippen LogP contribution is 2.28. The van der Waals surface area contributed by atoms with Gasteiger partial charge in [0.15, 0.2) is 0 Å². The smallest absolute Gasteiger partial charge is 0.292 e. The van der Waals surface area contributed by atoms with Gasteiger partial charge in [-0.1, -0.05) is 30.3 Å². The summed E-state index contributed by atoms with van der Waals surface area (Å²) in [6, 6.07) is 12.8. The molecule has 4 rings (SSSR count). The quantitative estimate of drug-likeness (QED) is 0.403. The number of amides is 1. The zero-order valence-electron chi connectivity index (χ0n) is 18.4. The van der Waals surface area contributed by atoms with Gasteiger partial charge in [-0.2, -0.15) is 17.5 Å². The van der Waals surface area contributed by atoms with Crippen LogP contribution in [-0.2, 0) is 40.2 Å². The fourth-order valence-electron chi connectivity index (χ4n) is 3.57. The maximum atomic E-state index is 13.1. The van der Waals surface area contributed by atoms with Crippen LogP contribution in [0.1, 0.15) is 17.0 Å². The molecule has 0 atom stereocenters. The summed E-state index contributed by atoms with van der Waals surface area (Å²) >= 11 is 0.999. The summed E-state index contributed by atoms with van der Waals surface area (Å²) in [5.41, 5.74) is -3.13. The Morgan fingerprint density at radius 1 is 1.08 bits per heavy atom. The van der Waals surface area contributed by atoms with Crippen LogP contribution in [0.25, 0.3) is 15.8 Å². The highest BCUT2D eigenvalue weighted by atomic mass is 32.2. The van der Waals surface area contributed by atoms with E-state index >= 15 is 0 Å². The lowest BCUT2D eigenvalue weighted by atomic mass is 10.1. The van der Waals surface area contributed by atoms with Crippen molar-refractivity contribution in [3.05, 3.63) is 92.4 Å². The Balaban J connectivity index is 1.64. The molecule has 2 aromatic heterocycles. The minimum absolute atomic E-state index is 0.0274. The van der Waals surface area contributed by atoms with Gasteiger partial charge in [-0.05, 0) is 35.3 Å². The number of carbonyl (C=O) groups excluding carboxylic acids is 1. The number of benzene rings is 2. The van der Waals surface area contributed by atoms with Crippen LogP contribution in [-0.4, -0.2) is 27.8 Å².